The molecule has 0 radical (unpaired) electrons. The van der Waals surface area contributed by atoms with Gasteiger partial charge in [0.1, 0.15) is 11.3 Å². The Morgan fingerprint density at radius 1 is 1.17 bits per heavy atom. The molecule has 1 rings (SSSR count). The number of unbranched alkanes of at least 4 members (excludes halogenated alkanes) is 3. The van der Waals surface area contributed by atoms with Crippen LogP contribution in [0.1, 0.15) is 49.4 Å². The number of nitrogens with one attached hydrogen (secondary N) is 1. The third kappa shape index (κ3) is 6.15. The van der Waals surface area contributed by atoms with Crippen LogP contribution >= 0.6 is 0 Å². The minimum absolute atomic E-state index is 0.0744. The van der Waals surface area contributed by atoms with E-state index >= 15 is 0 Å². The first kappa shape index (κ1) is 19.3. The van der Waals surface area contributed by atoms with Crippen LogP contribution in [-0.2, 0) is 9.53 Å². The number of amides is 1. The number of anilines is 1. The van der Waals surface area contributed by atoms with Crippen molar-refractivity contribution in [3.05, 3.63) is 23.8 Å². The number of hydrogen-bond acceptors (Lipinski definition) is 5. The van der Waals surface area contributed by atoms with Gasteiger partial charge in [0.25, 0.3) is 0 Å². The Morgan fingerprint density at radius 3 is 2.46 bits per heavy atom. The van der Waals surface area contributed by atoms with Gasteiger partial charge in [-0.3, -0.25) is 5.32 Å². The largest absolute Gasteiger partial charge is 0.507 e. The van der Waals surface area contributed by atoms with E-state index in [1.807, 2.05) is 6.92 Å². The Balaban J connectivity index is 2.64. The van der Waals surface area contributed by atoms with Gasteiger partial charge in [0.05, 0.1) is 0 Å². The molecule has 0 saturated carbocycles. The molecule has 1 amide bonds. The van der Waals surface area contributed by atoms with E-state index in [4.69, 9.17) is 14.9 Å². The maximum Gasteiger partial charge on any atom is 0.412 e. The van der Waals surface area contributed by atoms with Gasteiger partial charge in [-0.25, -0.2) is 14.4 Å². The number of hydrogen-bond donors (Lipinski definition) is 4. The summed E-state index contributed by atoms with van der Waals surface area (Å²) in [5.41, 5.74) is -0.313. The molecule has 1 aromatic carbocycles. The number of benzene rings is 1. The van der Waals surface area contributed by atoms with Crippen LogP contribution in [0.25, 0.3) is 0 Å². The number of carbonyl (C=O) groups is 3. The van der Waals surface area contributed by atoms with E-state index in [1.54, 1.807) is 0 Å². The van der Waals surface area contributed by atoms with Crippen LogP contribution in [-0.4, -0.2) is 39.5 Å². The normalized spacial score (nSPS) is 11.5. The van der Waals surface area contributed by atoms with E-state index in [9.17, 15) is 19.5 Å². The fourth-order valence-electron chi connectivity index (χ4n) is 2.05. The first-order chi connectivity index (χ1) is 11.3. The van der Waals surface area contributed by atoms with Crippen LogP contribution in [0.15, 0.2) is 18.2 Å². The van der Waals surface area contributed by atoms with Crippen molar-refractivity contribution in [1.82, 2.24) is 0 Å². The Hall–Kier alpha value is -2.77. The highest BCUT2D eigenvalue weighted by molar-refractivity contribution is 5.94. The maximum absolute atomic E-state index is 11.8. The lowest BCUT2D eigenvalue weighted by Crippen LogP contribution is -2.29. The standard InChI is InChI=1S/C16H21NO7/c1-2-3-4-5-6-13(15(21)22)24-16(23)17-10-7-8-12(18)11(9-10)14(19)20/h7-9,13,18H,2-6H2,1H3,(H,17,23)(H,19,20)(H,21,22). The second-order valence-electron chi connectivity index (χ2n) is 5.24. The molecule has 0 aliphatic heterocycles. The maximum atomic E-state index is 11.8. The Labute approximate surface area is 139 Å². The smallest absolute Gasteiger partial charge is 0.412 e. The summed E-state index contributed by atoms with van der Waals surface area (Å²) in [6.45, 7) is 2.03. The zero-order chi connectivity index (χ0) is 18.1. The summed E-state index contributed by atoms with van der Waals surface area (Å²) >= 11 is 0. The van der Waals surface area contributed by atoms with Crippen LogP contribution in [0, 0.1) is 0 Å². The molecule has 8 nitrogen and oxygen atoms in total. The third-order valence-corrected chi connectivity index (χ3v) is 3.32. The van der Waals surface area contributed by atoms with Crippen molar-refractivity contribution in [1.29, 1.82) is 0 Å². The van der Waals surface area contributed by atoms with E-state index in [-0.39, 0.29) is 17.7 Å². The minimum atomic E-state index is -1.36. The van der Waals surface area contributed by atoms with Crippen molar-refractivity contribution in [2.75, 3.05) is 5.32 Å². The molecule has 1 aromatic rings. The SMILES string of the molecule is CCCCCCC(OC(=O)Nc1ccc(O)c(C(=O)O)c1)C(=O)O. The lowest BCUT2D eigenvalue weighted by atomic mass is 10.1. The van der Waals surface area contributed by atoms with Gasteiger partial charge in [0.15, 0.2) is 0 Å². The second-order valence-corrected chi connectivity index (χ2v) is 5.24. The van der Waals surface area contributed by atoms with Crippen LogP contribution in [0.5, 0.6) is 5.75 Å². The summed E-state index contributed by atoms with van der Waals surface area (Å²) in [6.07, 6.45) is 1.40. The Kier molecular flexibility index (Phi) is 7.54. The molecule has 0 aromatic heterocycles. The molecule has 1 atom stereocenters. The van der Waals surface area contributed by atoms with Crippen molar-refractivity contribution in [3.8, 4) is 5.75 Å². The average molecular weight is 339 g/mol. The van der Waals surface area contributed by atoms with Crippen LogP contribution in [0.3, 0.4) is 0 Å². The molecule has 1 unspecified atom stereocenters. The summed E-state index contributed by atoms with van der Waals surface area (Å²) in [5.74, 6) is -3.04. The van der Waals surface area contributed by atoms with Gasteiger partial charge < -0.3 is 20.1 Å². The van der Waals surface area contributed by atoms with Crippen molar-refractivity contribution >= 4 is 23.7 Å². The molecule has 0 spiro atoms. The highest BCUT2D eigenvalue weighted by Gasteiger charge is 2.22. The highest BCUT2D eigenvalue weighted by Crippen LogP contribution is 2.21. The van der Waals surface area contributed by atoms with E-state index in [0.717, 1.165) is 31.4 Å². The van der Waals surface area contributed by atoms with Crippen LogP contribution < -0.4 is 5.32 Å². The molecule has 0 fully saturated rings. The first-order valence-corrected chi connectivity index (χ1v) is 7.62. The number of phenols is 1. The Morgan fingerprint density at radius 2 is 1.88 bits per heavy atom. The highest BCUT2D eigenvalue weighted by atomic mass is 16.6. The van der Waals surface area contributed by atoms with E-state index < -0.39 is 29.9 Å². The van der Waals surface area contributed by atoms with Gasteiger partial charge in [-0.15, -0.1) is 0 Å². The molecule has 0 heterocycles. The zero-order valence-corrected chi connectivity index (χ0v) is 13.3. The van der Waals surface area contributed by atoms with Gasteiger partial charge in [0.2, 0.25) is 6.10 Å². The quantitative estimate of drug-likeness (QED) is 0.401. The van der Waals surface area contributed by atoms with Crippen molar-refractivity contribution < 1.29 is 34.4 Å². The number of ether oxygens (including phenoxy) is 1. The number of carbonyl (C=O) groups excluding carboxylic acids is 1. The average Bonchev–Trinajstić information content (AvgIpc) is 2.51. The fraction of sp³-hybridized carbons (Fsp3) is 0.438. The summed E-state index contributed by atoms with van der Waals surface area (Å²) in [5, 5.41) is 29.6. The number of aromatic hydroxyl groups is 1. The predicted octanol–water partition coefficient (Wildman–Crippen LogP) is 3.06. The lowest BCUT2D eigenvalue weighted by molar-refractivity contribution is -0.146. The molecule has 8 heteroatoms. The van der Waals surface area contributed by atoms with Gasteiger partial charge in [0, 0.05) is 5.69 Å². The monoisotopic (exact) mass is 339 g/mol. The first-order valence-electron chi connectivity index (χ1n) is 7.62. The lowest BCUT2D eigenvalue weighted by Gasteiger charge is -2.14. The molecular weight excluding hydrogens is 318 g/mol. The molecule has 24 heavy (non-hydrogen) atoms. The Bertz CT molecular complexity index is 600. The zero-order valence-electron chi connectivity index (χ0n) is 13.3. The van der Waals surface area contributed by atoms with Crippen LogP contribution in [0.2, 0.25) is 0 Å². The summed E-state index contributed by atoms with van der Waals surface area (Å²) in [7, 11) is 0. The molecule has 0 aliphatic carbocycles. The van der Waals surface area contributed by atoms with E-state index in [0.29, 0.717) is 6.42 Å². The summed E-state index contributed by atoms with van der Waals surface area (Å²) in [4.78, 5) is 33.8. The van der Waals surface area contributed by atoms with Crippen molar-refractivity contribution in [3.63, 3.8) is 0 Å². The predicted molar refractivity (Wildman–Crippen MR) is 85.4 cm³/mol. The molecule has 0 bridgehead atoms. The second kappa shape index (κ2) is 9.39. The molecular formula is C16H21NO7. The number of carboxylic acids is 2. The van der Waals surface area contributed by atoms with Gasteiger partial charge >= 0.3 is 18.0 Å². The fourth-order valence-corrected chi connectivity index (χ4v) is 2.05. The van der Waals surface area contributed by atoms with E-state index in [1.165, 1.54) is 6.07 Å². The van der Waals surface area contributed by atoms with E-state index in [2.05, 4.69) is 5.32 Å². The van der Waals surface area contributed by atoms with Crippen LogP contribution in [0.4, 0.5) is 10.5 Å². The number of carboxylic acid groups (broad SMARTS) is 2. The minimum Gasteiger partial charge on any atom is -0.507 e. The number of aromatic carboxylic acids is 1. The van der Waals surface area contributed by atoms with Gasteiger partial charge in [-0.05, 0) is 31.0 Å². The topological polar surface area (TPSA) is 133 Å². The molecule has 132 valence electrons. The van der Waals surface area contributed by atoms with Crippen molar-refractivity contribution in [2.45, 2.75) is 45.1 Å². The van der Waals surface area contributed by atoms with Crippen molar-refractivity contribution in [2.24, 2.45) is 0 Å². The molecule has 0 aliphatic rings. The number of aliphatic carboxylic acids is 1. The summed E-state index contributed by atoms with van der Waals surface area (Å²) in [6, 6.07) is 3.44. The van der Waals surface area contributed by atoms with Gasteiger partial charge in [-0.2, -0.15) is 0 Å². The molecule has 4 N–H and O–H groups in total. The summed E-state index contributed by atoms with van der Waals surface area (Å²) < 4.78 is 4.87. The molecule has 0 saturated heterocycles. The van der Waals surface area contributed by atoms with Gasteiger partial charge in [-0.1, -0.05) is 26.2 Å². The third-order valence-electron chi connectivity index (χ3n) is 3.32. The number of rotatable bonds is 9.